The van der Waals surface area contributed by atoms with Crippen LogP contribution in [0.1, 0.15) is 0 Å². The molecule has 0 saturated carbocycles. The molecule has 3 nitrogen and oxygen atoms in total. The summed E-state index contributed by atoms with van der Waals surface area (Å²) in [6.45, 7) is 10.8. The summed E-state index contributed by atoms with van der Waals surface area (Å²) in [7, 11) is 0. The summed E-state index contributed by atoms with van der Waals surface area (Å²) >= 11 is 6.17. The molecule has 0 radical (unpaired) electrons. The van der Waals surface area contributed by atoms with E-state index < -0.39 is 0 Å². The van der Waals surface area contributed by atoms with Gasteiger partial charge in [0.2, 0.25) is 5.69 Å². The van der Waals surface area contributed by atoms with E-state index in [4.69, 9.17) is 18.2 Å². The van der Waals surface area contributed by atoms with Crippen LogP contribution >= 0.6 is 11.6 Å². The number of rotatable bonds is 1. The van der Waals surface area contributed by atoms with Gasteiger partial charge in [-0.3, -0.25) is 0 Å². The highest BCUT2D eigenvalue weighted by atomic mass is 35.5. The Morgan fingerprint density at radius 3 is 2.73 bits per heavy atom. The first-order chi connectivity index (χ1) is 7.33. The second kappa shape index (κ2) is 4.52. The van der Waals surface area contributed by atoms with Gasteiger partial charge in [0.25, 0.3) is 0 Å². The van der Waals surface area contributed by atoms with Crippen molar-refractivity contribution in [2.75, 3.05) is 31.1 Å². The van der Waals surface area contributed by atoms with Gasteiger partial charge in [-0.15, -0.1) is 0 Å². The molecule has 0 bridgehead atoms. The average molecular weight is 222 g/mol. The Morgan fingerprint density at radius 1 is 1.33 bits per heavy atom. The molecule has 0 spiro atoms. The van der Waals surface area contributed by atoms with Crippen molar-refractivity contribution in [3.05, 3.63) is 34.6 Å². The molecule has 1 aliphatic rings. The maximum Gasteiger partial charge on any atom is 0.207 e. The van der Waals surface area contributed by atoms with Crippen molar-refractivity contribution in [2.24, 2.45) is 0 Å². The minimum atomic E-state index is 0.535. The van der Waals surface area contributed by atoms with E-state index in [2.05, 4.69) is 15.1 Å². The second-order valence-electron chi connectivity index (χ2n) is 3.46. The van der Waals surface area contributed by atoms with Gasteiger partial charge in [-0.2, -0.15) is 0 Å². The first kappa shape index (κ1) is 10.3. The predicted octanol–water partition coefficient (Wildman–Crippen LogP) is 2.30. The zero-order valence-electron chi connectivity index (χ0n) is 8.33. The Balaban J connectivity index is 2.31. The summed E-state index contributed by atoms with van der Waals surface area (Å²) in [6.07, 6.45) is 0. The molecule has 1 aromatic rings. The maximum absolute atomic E-state index is 7.00. The number of benzene rings is 1. The molecule has 1 fully saturated rings. The number of hydrogen-bond acceptors (Lipinski definition) is 2. The van der Waals surface area contributed by atoms with Crippen LogP contribution in [0.4, 0.5) is 11.4 Å². The Hall–Kier alpha value is -1.24. The lowest BCUT2D eigenvalue weighted by Gasteiger charge is -2.30. The van der Waals surface area contributed by atoms with Crippen LogP contribution in [0, 0.1) is 6.57 Å². The molecule has 78 valence electrons. The number of halogens is 1. The third-order valence-corrected chi connectivity index (χ3v) is 2.92. The lowest BCUT2D eigenvalue weighted by Crippen LogP contribution is -2.43. The van der Waals surface area contributed by atoms with Gasteiger partial charge >= 0.3 is 0 Å². The first-order valence-corrected chi connectivity index (χ1v) is 5.32. The van der Waals surface area contributed by atoms with Crippen molar-refractivity contribution in [1.82, 2.24) is 5.32 Å². The van der Waals surface area contributed by atoms with E-state index in [9.17, 15) is 0 Å². The number of nitrogens with one attached hydrogen (secondary N) is 1. The van der Waals surface area contributed by atoms with E-state index >= 15 is 0 Å². The molecule has 1 aliphatic heterocycles. The van der Waals surface area contributed by atoms with E-state index in [1.807, 2.05) is 12.1 Å². The Bertz CT molecular complexity index is 391. The summed E-state index contributed by atoms with van der Waals surface area (Å²) < 4.78 is 0. The quantitative estimate of drug-likeness (QED) is 0.735. The molecule has 1 saturated heterocycles. The fourth-order valence-corrected chi connectivity index (χ4v) is 2.03. The Kier molecular flexibility index (Phi) is 3.10. The molecule has 2 rings (SSSR count). The smallest absolute Gasteiger partial charge is 0.207 e. The first-order valence-electron chi connectivity index (χ1n) is 4.94. The molecule has 4 heteroatoms. The molecule has 1 N–H and O–H groups in total. The summed E-state index contributed by atoms with van der Waals surface area (Å²) in [5.74, 6) is 0. The highest BCUT2D eigenvalue weighted by Gasteiger charge is 2.14. The molecule has 1 aromatic carbocycles. The topological polar surface area (TPSA) is 19.6 Å². The number of piperazine rings is 1. The van der Waals surface area contributed by atoms with Crippen LogP contribution < -0.4 is 10.2 Å². The molecule has 1 heterocycles. The predicted molar refractivity (Wildman–Crippen MR) is 62.8 cm³/mol. The number of nitrogens with zero attached hydrogens (tertiary/aromatic N) is 2. The minimum Gasteiger partial charge on any atom is -0.369 e. The third-order valence-electron chi connectivity index (χ3n) is 2.54. The summed E-state index contributed by atoms with van der Waals surface area (Å²) in [5, 5.41) is 3.87. The highest BCUT2D eigenvalue weighted by molar-refractivity contribution is 6.36. The largest absolute Gasteiger partial charge is 0.369 e. The van der Waals surface area contributed by atoms with Crippen LogP contribution in [-0.4, -0.2) is 26.2 Å². The molecular weight excluding hydrogens is 210 g/mol. The molecular formula is C11H12ClN3. The molecule has 0 aliphatic carbocycles. The molecule has 0 unspecified atom stereocenters. The van der Waals surface area contributed by atoms with Crippen LogP contribution in [-0.2, 0) is 0 Å². The van der Waals surface area contributed by atoms with E-state index in [-0.39, 0.29) is 0 Å². The van der Waals surface area contributed by atoms with Gasteiger partial charge in [0.05, 0.1) is 11.6 Å². The summed E-state index contributed by atoms with van der Waals surface area (Å²) in [5.41, 5.74) is 1.51. The normalized spacial score (nSPS) is 16.1. The Morgan fingerprint density at radius 2 is 2.07 bits per heavy atom. The van der Waals surface area contributed by atoms with Gasteiger partial charge in [-0.1, -0.05) is 23.7 Å². The van der Waals surface area contributed by atoms with E-state index in [0.717, 1.165) is 31.9 Å². The highest BCUT2D eigenvalue weighted by Crippen LogP contribution is 2.34. The van der Waals surface area contributed by atoms with Crippen molar-refractivity contribution < 1.29 is 0 Å². The van der Waals surface area contributed by atoms with Crippen molar-refractivity contribution in [1.29, 1.82) is 0 Å². The van der Waals surface area contributed by atoms with Crippen molar-refractivity contribution in [3.8, 4) is 0 Å². The summed E-state index contributed by atoms with van der Waals surface area (Å²) in [4.78, 5) is 5.62. The molecule has 15 heavy (non-hydrogen) atoms. The summed E-state index contributed by atoms with van der Waals surface area (Å²) in [6, 6.07) is 5.61. The molecule has 0 aromatic heterocycles. The SMILES string of the molecule is [C-]#[N+]c1cccc(N2CCNCC2)c1Cl. The fourth-order valence-electron chi connectivity index (χ4n) is 1.74. The van der Waals surface area contributed by atoms with Gasteiger partial charge in [-0.25, -0.2) is 4.85 Å². The van der Waals surface area contributed by atoms with Crippen molar-refractivity contribution >= 4 is 23.0 Å². The monoisotopic (exact) mass is 221 g/mol. The minimum absolute atomic E-state index is 0.535. The third kappa shape index (κ3) is 2.06. The van der Waals surface area contributed by atoms with Crippen LogP contribution in [0.3, 0.4) is 0 Å². The fraction of sp³-hybridized carbons (Fsp3) is 0.364. The zero-order valence-corrected chi connectivity index (χ0v) is 9.09. The number of hydrogen-bond donors (Lipinski definition) is 1. The molecule has 0 amide bonds. The van der Waals surface area contributed by atoms with Crippen LogP contribution in [0.15, 0.2) is 18.2 Å². The average Bonchev–Trinajstić information content (AvgIpc) is 2.30. The molecule has 0 atom stereocenters. The van der Waals surface area contributed by atoms with Gasteiger partial charge in [0.1, 0.15) is 0 Å². The van der Waals surface area contributed by atoms with Gasteiger partial charge in [0, 0.05) is 31.9 Å². The van der Waals surface area contributed by atoms with Crippen molar-refractivity contribution in [2.45, 2.75) is 0 Å². The zero-order chi connectivity index (χ0) is 10.7. The van der Waals surface area contributed by atoms with E-state index in [0.29, 0.717) is 10.7 Å². The lowest BCUT2D eigenvalue weighted by atomic mass is 10.2. The lowest BCUT2D eigenvalue weighted by molar-refractivity contribution is 0.589. The van der Waals surface area contributed by atoms with Gasteiger partial charge < -0.3 is 10.2 Å². The van der Waals surface area contributed by atoms with Crippen LogP contribution in [0.2, 0.25) is 5.02 Å². The second-order valence-corrected chi connectivity index (χ2v) is 3.84. The number of anilines is 1. The van der Waals surface area contributed by atoms with Crippen molar-refractivity contribution in [3.63, 3.8) is 0 Å². The van der Waals surface area contributed by atoms with E-state index in [1.54, 1.807) is 6.07 Å². The van der Waals surface area contributed by atoms with Crippen LogP contribution in [0.5, 0.6) is 0 Å². The van der Waals surface area contributed by atoms with Gasteiger partial charge in [-0.05, 0) is 6.07 Å². The van der Waals surface area contributed by atoms with Crippen LogP contribution in [0.25, 0.3) is 4.85 Å². The maximum atomic E-state index is 7.00. The standard InChI is InChI=1S/C11H12ClN3/c1-13-9-3-2-4-10(11(9)12)15-7-5-14-6-8-15/h2-4,14H,5-8H2. The van der Waals surface area contributed by atoms with Gasteiger partial charge in [0.15, 0.2) is 0 Å². The Labute approximate surface area is 94.5 Å². The van der Waals surface area contributed by atoms with E-state index in [1.165, 1.54) is 0 Å².